The first kappa shape index (κ1) is 15.2. The molecule has 0 amide bonds. The molecule has 1 rings (SSSR count). The molecule has 0 bridgehead atoms. The highest BCUT2D eigenvalue weighted by molar-refractivity contribution is 7.99. The van der Waals surface area contributed by atoms with Crippen molar-refractivity contribution in [2.24, 2.45) is 0 Å². The number of hydrogen-bond donors (Lipinski definition) is 1. The molecule has 102 valence electrons. The average molecular weight is 290 g/mol. The van der Waals surface area contributed by atoms with E-state index in [9.17, 15) is 9.00 Å². The van der Waals surface area contributed by atoms with Crippen LogP contribution in [0.2, 0.25) is 0 Å². The van der Waals surface area contributed by atoms with Crippen LogP contribution in [0.4, 0.5) is 0 Å². The Balaban J connectivity index is 2.88. The first-order chi connectivity index (χ1) is 8.41. The van der Waals surface area contributed by atoms with Crippen molar-refractivity contribution in [3.63, 3.8) is 0 Å². The number of aromatic nitrogens is 2. The molecular formula is C11H18N2O3S2. The molecule has 1 N–H and O–H groups in total. The van der Waals surface area contributed by atoms with Gasteiger partial charge >= 0.3 is 5.97 Å². The first-order valence-corrected chi connectivity index (χ1v) is 8.33. The number of nitrogens with zero attached hydrogens (tertiary/aromatic N) is 2. The number of rotatable bonds is 7. The zero-order valence-electron chi connectivity index (χ0n) is 10.8. The highest BCUT2D eigenvalue weighted by atomic mass is 32.2. The van der Waals surface area contributed by atoms with Crippen LogP contribution < -0.4 is 0 Å². The van der Waals surface area contributed by atoms with Crippen molar-refractivity contribution < 1.29 is 14.1 Å². The SMILES string of the molecule is CC(C)c1cnc(SCC(=O)O)n1CCS(C)=O. The van der Waals surface area contributed by atoms with Crippen molar-refractivity contribution in [1.82, 2.24) is 9.55 Å². The lowest BCUT2D eigenvalue weighted by Gasteiger charge is -2.12. The van der Waals surface area contributed by atoms with Crippen LogP contribution in [0.5, 0.6) is 0 Å². The molecule has 1 unspecified atom stereocenters. The van der Waals surface area contributed by atoms with Crippen molar-refractivity contribution >= 4 is 28.5 Å². The summed E-state index contributed by atoms with van der Waals surface area (Å²) in [7, 11) is -0.867. The number of carboxylic acids is 1. The smallest absolute Gasteiger partial charge is 0.313 e. The van der Waals surface area contributed by atoms with Gasteiger partial charge in [0.15, 0.2) is 5.16 Å². The van der Waals surface area contributed by atoms with Crippen molar-refractivity contribution in [3.05, 3.63) is 11.9 Å². The Labute approximate surface area is 113 Å². The highest BCUT2D eigenvalue weighted by Crippen LogP contribution is 2.23. The second kappa shape index (κ2) is 6.94. The van der Waals surface area contributed by atoms with Crippen LogP contribution in [-0.4, -0.2) is 42.6 Å². The van der Waals surface area contributed by atoms with E-state index in [1.165, 1.54) is 11.8 Å². The summed E-state index contributed by atoms with van der Waals surface area (Å²) in [6.07, 6.45) is 3.43. The van der Waals surface area contributed by atoms with Gasteiger partial charge in [-0.1, -0.05) is 25.6 Å². The number of carboxylic acid groups (broad SMARTS) is 1. The number of aliphatic carboxylic acids is 1. The Hall–Kier alpha value is -0.820. The summed E-state index contributed by atoms with van der Waals surface area (Å²) in [4.78, 5) is 14.8. The van der Waals surface area contributed by atoms with E-state index in [1.807, 2.05) is 4.57 Å². The average Bonchev–Trinajstić information content (AvgIpc) is 2.66. The van der Waals surface area contributed by atoms with Gasteiger partial charge in [-0.15, -0.1) is 0 Å². The zero-order valence-corrected chi connectivity index (χ0v) is 12.4. The fourth-order valence-corrected chi connectivity index (χ4v) is 2.69. The lowest BCUT2D eigenvalue weighted by Crippen LogP contribution is -2.12. The van der Waals surface area contributed by atoms with Crippen molar-refractivity contribution in [1.29, 1.82) is 0 Å². The van der Waals surface area contributed by atoms with Gasteiger partial charge in [0.1, 0.15) is 0 Å². The van der Waals surface area contributed by atoms with E-state index >= 15 is 0 Å². The van der Waals surface area contributed by atoms with Gasteiger partial charge in [0.05, 0.1) is 5.75 Å². The van der Waals surface area contributed by atoms with Crippen molar-refractivity contribution in [2.45, 2.75) is 31.5 Å². The van der Waals surface area contributed by atoms with Gasteiger partial charge in [0.2, 0.25) is 0 Å². The van der Waals surface area contributed by atoms with Crippen LogP contribution in [0, 0.1) is 0 Å². The third kappa shape index (κ3) is 4.45. The molecule has 0 aromatic carbocycles. The second-order valence-electron chi connectivity index (χ2n) is 4.23. The predicted molar refractivity (Wildman–Crippen MR) is 73.6 cm³/mol. The van der Waals surface area contributed by atoms with Crippen LogP contribution in [0.1, 0.15) is 25.5 Å². The van der Waals surface area contributed by atoms with Gasteiger partial charge < -0.3 is 9.67 Å². The number of hydrogen-bond acceptors (Lipinski definition) is 4. The lowest BCUT2D eigenvalue weighted by atomic mass is 10.1. The Morgan fingerprint density at radius 1 is 1.61 bits per heavy atom. The molecule has 0 spiro atoms. The largest absolute Gasteiger partial charge is 0.481 e. The summed E-state index contributed by atoms with van der Waals surface area (Å²) in [6, 6.07) is 0. The van der Waals surface area contributed by atoms with Crippen molar-refractivity contribution in [2.75, 3.05) is 17.8 Å². The van der Waals surface area contributed by atoms with Gasteiger partial charge in [0.25, 0.3) is 0 Å². The molecule has 1 aromatic rings. The van der Waals surface area contributed by atoms with E-state index < -0.39 is 16.8 Å². The second-order valence-corrected chi connectivity index (χ2v) is 6.73. The first-order valence-electron chi connectivity index (χ1n) is 5.61. The molecule has 18 heavy (non-hydrogen) atoms. The quantitative estimate of drug-likeness (QED) is 0.772. The predicted octanol–water partition coefficient (Wildman–Crippen LogP) is 1.56. The zero-order chi connectivity index (χ0) is 13.7. The van der Waals surface area contributed by atoms with Gasteiger partial charge in [-0.2, -0.15) is 0 Å². The van der Waals surface area contributed by atoms with Gasteiger partial charge in [-0.3, -0.25) is 9.00 Å². The molecule has 7 heteroatoms. The van der Waals surface area contributed by atoms with E-state index in [2.05, 4.69) is 18.8 Å². The van der Waals surface area contributed by atoms with Crippen molar-refractivity contribution in [3.8, 4) is 0 Å². The monoisotopic (exact) mass is 290 g/mol. The third-order valence-electron chi connectivity index (χ3n) is 2.37. The molecule has 0 fully saturated rings. The molecular weight excluding hydrogens is 272 g/mol. The summed E-state index contributed by atoms with van der Waals surface area (Å²) < 4.78 is 13.1. The van der Waals surface area contributed by atoms with E-state index in [0.717, 1.165) is 5.69 Å². The molecule has 0 aliphatic heterocycles. The van der Waals surface area contributed by atoms with E-state index in [4.69, 9.17) is 5.11 Å². The lowest BCUT2D eigenvalue weighted by molar-refractivity contribution is -0.133. The van der Waals surface area contributed by atoms with Gasteiger partial charge in [-0.25, -0.2) is 4.98 Å². The number of thioether (sulfide) groups is 1. The van der Waals surface area contributed by atoms with E-state index in [0.29, 0.717) is 23.4 Å². The summed E-state index contributed by atoms with van der Waals surface area (Å²) >= 11 is 1.20. The van der Waals surface area contributed by atoms with E-state index in [1.54, 1.807) is 12.5 Å². The van der Waals surface area contributed by atoms with Gasteiger partial charge in [0, 0.05) is 41.2 Å². The minimum atomic E-state index is -0.867. The Morgan fingerprint density at radius 2 is 2.28 bits per heavy atom. The molecule has 0 aliphatic carbocycles. The normalized spacial score (nSPS) is 12.9. The third-order valence-corrected chi connectivity index (χ3v) is 4.10. The fraction of sp³-hybridized carbons (Fsp3) is 0.636. The number of imidazole rings is 1. The Bertz CT molecular complexity index is 443. The molecule has 1 atom stereocenters. The summed E-state index contributed by atoms with van der Waals surface area (Å²) in [6.45, 7) is 4.72. The summed E-state index contributed by atoms with van der Waals surface area (Å²) in [5.74, 6) is -0.0119. The van der Waals surface area contributed by atoms with Crippen LogP contribution >= 0.6 is 11.8 Å². The minimum Gasteiger partial charge on any atom is -0.481 e. The van der Waals surface area contributed by atoms with Gasteiger partial charge in [-0.05, 0) is 5.92 Å². The Kier molecular flexibility index (Phi) is 5.87. The minimum absolute atomic E-state index is 0.0102. The summed E-state index contributed by atoms with van der Waals surface area (Å²) in [5, 5.41) is 9.38. The van der Waals surface area contributed by atoms with Crippen LogP contribution in [0.25, 0.3) is 0 Å². The highest BCUT2D eigenvalue weighted by Gasteiger charge is 2.14. The fourth-order valence-electron chi connectivity index (χ4n) is 1.52. The molecule has 0 saturated carbocycles. The summed E-state index contributed by atoms with van der Waals surface area (Å²) in [5.41, 5.74) is 1.05. The maximum atomic E-state index is 11.2. The topological polar surface area (TPSA) is 72.2 Å². The van der Waals surface area contributed by atoms with Crippen LogP contribution in [0.15, 0.2) is 11.4 Å². The van der Waals surface area contributed by atoms with E-state index in [-0.39, 0.29) is 5.75 Å². The Morgan fingerprint density at radius 3 is 2.78 bits per heavy atom. The standard InChI is InChI=1S/C11H18N2O3S2/c1-8(2)9-6-12-11(17-7-10(14)15)13(9)4-5-18(3)16/h6,8H,4-5,7H2,1-3H3,(H,14,15). The maximum absolute atomic E-state index is 11.2. The molecule has 0 saturated heterocycles. The van der Waals surface area contributed by atoms with Crippen LogP contribution in [0.3, 0.4) is 0 Å². The molecule has 1 heterocycles. The molecule has 5 nitrogen and oxygen atoms in total. The molecule has 0 radical (unpaired) electrons. The maximum Gasteiger partial charge on any atom is 0.313 e. The van der Waals surface area contributed by atoms with Crippen LogP contribution in [-0.2, 0) is 22.1 Å². The molecule has 0 aliphatic rings. The molecule has 1 aromatic heterocycles. The number of carbonyl (C=O) groups is 1.